The lowest BCUT2D eigenvalue weighted by Gasteiger charge is -2.23. The topological polar surface area (TPSA) is 118 Å². The molecule has 1 amide bonds. The number of fused-ring (bicyclic) bond motifs is 1. The molecule has 7 nitrogen and oxygen atoms in total. The minimum Gasteiger partial charge on any atom is -0.508 e. The quantitative estimate of drug-likeness (QED) is 0.508. The van der Waals surface area contributed by atoms with Crippen LogP contribution in [0.5, 0.6) is 17.2 Å². The maximum Gasteiger partial charge on any atom is 0.251 e. The van der Waals surface area contributed by atoms with Crippen molar-refractivity contribution in [3.05, 3.63) is 53.7 Å². The minimum absolute atomic E-state index is 0.0811. The van der Waals surface area contributed by atoms with Crippen molar-refractivity contribution in [3.8, 4) is 17.2 Å². The number of ether oxygens (including phenoxy) is 1. The maximum absolute atomic E-state index is 12.6. The fraction of sp³-hybridized carbons (Fsp3) is 0.273. The number of phenolic OH excluding ortho intramolecular Hbond substituents is 2. The molecule has 0 saturated carbocycles. The van der Waals surface area contributed by atoms with E-state index in [0.717, 1.165) is 16.6 Å². The van der Waals surface area contributed by atoms with Crippen LogP contribution >= 0.6 is 0 Å². The third-order valence-corrected chi connectivity index (χ3v) is 4.66. The molecule has 0 aliphatic heterocycles. The van der Waals surface area contributed by atoms with E-state index in [1.165, 1.54) is 18.2 Å². The molecule has 152 valence electrons. The fourth-order valence-electron chi connectivity index (χ4n) is 3.10. The van der Waals surface area contributed by atoms with Crippen LogP contribution in [0.1, 0.15) is 29.9 Å². The number of nitrogens with two attached hydrogens (primary N) is 1. The van der Waals surface area contributed by atoms with Crippen molar-refractivity contribution in [1.29, 1.82) is 0 Å². The van der Waals surface area contributed by atoms with Gasteiger partial charge >= 0.3 is 0 Å². The first-order valence-electron chi connectivity index (χ1n) is 9.37. The molecule has 2 aromatic carbocycles. The van der Waals surface area contributed by atoms with Gasteiger partial charge in [-0.05, 0) is 43.2 Å². The van der Waals surface area contributed by atoms with Gasteiger partial charge in [0.05, 0.1) is 16.9 Å². The van der Waals surface area contributed by atoms with E-state index in [0.29, 0.717) is 11.4 Å². The Balaban J connectivity index is 1.78. The van der Waals surface area contributed by atoms with Gasteiger partial charge in [-0.15, -0.1) is 0 Å². The van der Waals surface area contributed by atoms with Crippen LogP contribution in [-0.2, 0) is 0 Å². The number of carbonyl (C=O) groups excluding carboxylic acids is 1. The van der Waals surface area contributed by atoms with E-state index in [1.807, 2.05) is 39.0 Å². The second kappa shape index (κ2) is 8.26. The van der Waals surface area contributed by atoms with E-state index in [9.17, 15) is 15.0 Å². The molecule has 0 fully saturated rings. The summed E-state index contributed by atoms with van der Waals surface area (Å²) in [7, 11) is 0. The number of nitrogens with zero attached hydrogens (tertiary/aromatic N) is 1. The Hall–Kier alpha value is -3.48. The maximum atomic E-state index is 12.6. The van der Waals surface area contributed by atoms with Gasteiger partial charge in [-0.1, -0.05) is 19.9 Å². The smallest absolute Gasteiger partial charge is 0.251 e. The Kier molecular flexibility index (Phi) is 5.77. The summed E-state index contributed by atoms with van der Waals surface area (Å²) in [4.78, 5) is 17.0. The number of aryl methyl sites for hydroxylation is 1. The molecule has 0 aliphatic rings. The van der Waals surface area contributed by atoms with Crippen LogP contribution in [0.15, 0.2) is 42.5 Å². The van der Waals surface area contributed by atoms with E-state index in [4.69, 9.17) is 10.5 Å². The van der Waals surface area contributed by atoms with Gasteiger partial charge in [-0.25, -0.2) is 0 Å². The molecule has 0 saturated heterocycles. The summed E-state index contributed by atoms with van der Waals surface area (Å²) < 4.78 is 6.01. The number of amides is 1. The van der Waals surface area contributed by atoms with E-state index in [1.54, 1.807) is 6.07 Å². The molecular formula is C22H25N3O4. The number of phenols is 2. The van der Waals surface area contributed by atoms with Crippen molar-refractivity contribution in [2.24, 2.45) is 5.92 Å². The average molecular weight is 395 g/mol. The SMILES string of the molecule is Cc1cc(N)c2c(OCC(NC(=O)c3cc(O)cc(O)c3)C(C)C)cccc2n1. The molecule has 29 heavy (non-hydrogen) atoms. The summed E-state index contributed by atoms with van der Waals surface area (Å²) in [5, 5.41) is 22.8. The summed E-state index contributed by atoms with van der Waals surface area (Å²) in [5.41, 5.74) is 8.51. The zero-order valence-corrected chi connectivity index (χ0v) is 16.6. The monoisotopic (exact) mass is 395 g/mol. The van der Waals surface area contributed by atoms with Gasteiger partial charge in [0.25, 0.3) is 5.91 Å². The lowest BCUT2D eigenvalue weighted by molar-refractivity contribution is 0.0904. The van der Waals surface area contributed by atoms with Gasteiger partial charge < -0.3 is 26.0 Å². The van der Waals surface area contributed by atoms with Crippen LogP contribution in [0.3, 0.4) is 0 Å². The Morgan fingerprint density at radius 1 is 1.17 bits per heavy atom. The van der Waals surface area contributed by atoms with Crippen LogP contribution in [0.2, 0.25) is 0 Å². The summed E-state index contributed by atoms with van der Waals surface area (Å²) >= 11 is 0. The molecule has 1 unspecified atom stereocenters. The summed E-state index contributed by atoms with van der Waals surface area (Å²) in [6.07, 6.45) is 0. The highest BCUT2D eigenvalue weighted by atomic mass is 16.5. The van der Waals surface area contributed by atoms with Gasteiger partial charge in [0.15, 0.2) is 0 Å². The van der Waals surface area contributed by atoms with E-state index in [2.05, 4.69) is 10.3 Å². The number of hydrogen-bond donors (Lipinski definition) is 4. The lowest BCUT2D eigenvalue weighted by atomic mass is 10.0. The second-order valence-corrected chi connectivity index (χ2v) is 7.38. The first-order valence-corrected chi connectivity index (χ1v) is 9.37. The van der Waals surface area contributed by atoms with Crippen molar-refractivity contribution in [2.45, 2.75) is 26.8 Å². The molecule has 1 heterocycles. The van der Waals surface area contributed by atoms with Gasteiger partial charge in [-0.3, -0.25) is 9.78 Å². The first-order chi connectivity index (χ1) is 13.7. The third-order valence-electron chi connectivity index (χ3n) is 4.66. The average Bonchev–Trinajstić information content (AvgIpc) is 2.63. The predicted molar refractivity (Wildman–Crippen MR) is 112 cm³/mol. The fourth-order valence-corrected chi connectivity index (χ4v) is 3.10. The predicted octanol–water partition coefficient (Wildman–Crippen LogP) is 3.37. The van der Waals surface area contributed by atoms with Gasteiger partial charge in [0, 0.05) is 23.0 Å². The van der Waals surface area contributed by atoms with Gasteiger partial charge in [0.2, 0.25) is 0 Å². The number of carbonyl (C=O) groups is 1. The normalized spacial score (nSPS) is 12.1. The Morgan fingerprint density at radius 2 is 1.86 bits per heavy atom. The highest BCUT2D eigenvalue weighted by molar-refractivity contribution is 5.96. The van der Waals surface area contributed by atoms with Crippen LogP contribution in [0, 0.1) is 12.8 Å². The van der Waals surface area contributed by atoms with Crippen molar-refractivity contribution >= 4 is 22.5 Å². The first kappa shape index (κ1) is 20.3. The zero-order chi connectivity index (χ0) is 21.1. The molecule has 0 bridgehead atoms. The minimum atomic E-state index is -0.409. The number of pyridine rings is 1. The second-order valence-electron chi connectivity index (χ2n) is 7.38. The summed E-state index contributed by atoms with van der Waals surface area (Å²) in [5.74, 6) is -0.0868. The molecule has 3 rings (SSSR count). The molecule has 5 N–H and O–H groups in total. The number of rotatable bonds is 6. The van der Waals surface area contributed by atoms with Crippen molar-refractivity contribution in [3.63, 3.8) is 0 Å². The molecule has 0 radical (unpaired) electrons. The molecule has 3 aromatic rings. The number of aromatic hydroxyl groups is 2. The highest BCUT2D eigenvalue weighted by Gasteiger charge is 2.20. The van der Waals surface area contributed by atoms with E-state index >= 15 is 0 Å². The Bertz CT molecular complexity index is 1030. The number of benzene rings is 2. The zero-order valence-electron chi connectivity index (χ0n) is 16.6. The van der Waals surface area contributed by atoms with Gasteiger partial charge in [-0.2, -0.15) is 0 Å². The van der Waals surface area contributed by atoms with Gasteiger partial charge in [0.1, 0.15) is 23.9 Å². The van der Waals surface area contributed by atoms with Crippen LogP contribution in [0.25, 0.3) is 10.9 Å². The Morgan fingerprint density at radius 3 is 2.52 bits per heavy atom. The molecule has 7 heteroatoms. The number of anilines is 1. The van der Waals surface area contributed by atoms with E-state index in [-0.39, 0.29) is 35.6 Å². The van der Waals surface area contributed by atoms with E-state index < -0.39 is 5.91 Å². The lowest BCUT2D eigenvalue weighted by Crippen LogP contribution is -2.42. The number of hydrogen-bond acceptors (Lipinski definition) is 6. The van der Waals surface area contributed by atoms with Crippen molar-refractivity contribution in [1.82, 2.24) is 10.3 Å². The summed E-state index contributed by atoms with van der Waals surface area (Å²) in [6, 6.07) is 10.8. The largest absolute Gasteiger partial charge is 0.508 e. The van der Waals surface area contributed by atoms with Crippen molar-refractivity contribution in [2.75, 3.05) is 12.3 Å². The highest BCUT2D eigenvalue weighted by Crippen LogP contribution is 2.30. The number of nitrogens with one attached hydrogen (secondary N) is 1. The standard InChI is InChI=1S/C22H25N3O4/c1-12(2)19(25-22(28)14-8-15(26)10-16(27)9-14)11-29-20-6-4-5-18-21(20)17(23)7-13(3)24-18/h4-10,12,19,26-27H,11H2,1-3H3,(H2,23,24)(H,25,28). The molecular weight excluding hydrogens is 370 g/mol. The number of nitrogen functional groups attached to an aromatic ring is 1. The summed E-state index contributed by atoms with van der Waals surface area (Å²) in [6.45, 7) is 6.04. The number of aromatic nitrogens is 1. The molecule has 1 atom stereocenters. The molecule has 1 aromatic heterocycles. The molecule has 0 aliphatic carbocycles. The van der Waals surface area contributed by atoms with Crippen LogP contribution in [-0.4, -0.2) is 33.8 Å². The van der Waals surface area contributed by atoms with Crippen molar-refractivity contribution < 1.29 is 19.7 Å². The molecule has 0 spiro atoms. The Labute approximate surface area is 169 Å². The third kappa shape index (κ3) is 4.68. The van der Waals surface area contributed by atoms with Crippen LogP contribution in [0.4, 0.5) is 5.69 Å². The van der Waals surface area contributed by atoms with Crippen LogP contribution < -0.4 is 15.8 Å².